The lowest BCUT2D eigenvalue weighted by molar-refractivity contribution is -0.142. The van der Waals surface area contributed by atoms with Crippen molar-refractivity contribution in [3.05, 3.63) is 35.4 Å². The van der Waals surface area contributed by atoms with Crippen LogP contribution in [0.3, 0.4) is 0 Å². The molecule has 0 aromatic heterocycles. The molecule has 1 saturated heterocycles. The van der Waals surface area contributed by atoms with Crippen LogP contribution in [0.15, 0.2) is 24.3 Å². The van der Waals surface area contributed by atoms with Crippen LogP contribution in [0.5, 0.6) is 11.5 Å². The molecule has 1 aromatic carbocycles. The van der Waals surface area contributed by atoms with Gasteiger partial charge in [-0.05, 0) is 56.8 Å². The summed E-state index contributed by atoms with van der Waals surface area (Å²) in [7, 11) is 2.22. The van der Waals surface area contributed by atoms with Crippen molar-refractivity contribution in [1.82, 2.24) is 4.90 Å². The first-order chi connectivity index (χ1) is 16.3. The van der Waals surface area contributed by atoms with E-state index in [4.69, 9.17) is 18.9 Å². The summed E-state index contributed by atoms with van der Waals surface area (Å²) in [6.45, 7) is 7.02. The zero-order valence-corrected chi connectivity index (χ0v) is 20.5. The van der Waals surface area contributed by atoms with Gasteiger partial charge >= 0.3 is 11.9 Å². The van der Waals surface area contributed by atoms with Gasteiger partial charge in [-0.15, -0.1) is 0 Å². The Morgan fingerprint density at radius 3 is 2.82 bits per heavy atom. The van der Waals surface area contributed by atoms with Crippen LogP contribution < -0.4 is 9.47 Å². The molecule has 2 heterocycles. The molecule has 1 aromatic rings. The molecule has 1 fully saturated rings. The Bertz CT molecular complexity index is 1010. The zero-order chi connectivity index (χ0) is 24.0. The molecule has 34 heavy (non-hydrogen) atoms. The van der Waals surface area contributed by atoms with E-state index < -0.39 is 0 Å². The Kier molecular flexibility index (Phi) is 6.19. The summed E-state index contributed by atoms with van der Waals surface area (Å²) in [4.78, 5) is 25.3. The largest absolute Gasteiger partial charge is 0.482 e. The van der Waals surface area contributed by atoms with Gasteiger partial charge in [-0.3, -0.25) is 9.59 Å². The van der Waals surface area contributed by atoms with Gasteiger partial charge < -0.3 is 23.8 Å². The fourth-order valence-electron chi connectivity index (χ4n) is 6.58. The van der Waals surface area contributed by atoms with Gasteiger partial charge in [-0.25, -0.2) is 0 Å². The molecule has 4 aliphatic rings. The fraction of sp³-hybridized carbons (Fsp3) is 0.630. The summed E-state index contributed by atoms with van der Waals surface area (Å²) >= 11 is 0. The van der Waals surface area contributed by atoms with E-state index in [-0.39, 0.29) is 29.6 Å². The Morgan fingerprint density at radius 1 is 1.24 bits per heavy atom. The normalized spacial score (nSPS) is 31.4. The predicted molar refractivity (Wildman–Crippen MR) is 126 cm³/mol. The number of carbonyl (C=O) groups excluding carboxylic acids is 2. The predicted octanol–water partition coefficient (Wildman–Crippen LogP) is 3.42. The highest BCUT2D eigenvalue weighted by molar-refractivity contribution is 5.72. The van der Waals surface area contributed by atoms with Gasteiger partial charge in [-0.1, -0.05) is 25.1 Å². The number of carbonyl (C=O) groups is 2. The molecule has 7 nitrogen and oxygen atoms in total. The van der Waals surface area contributed by atoms with Crippen LogP contribution >= 0.6 is 0 Å². The molecule has 5 rings (SSSR count). The van der Waals surface area contributed by atoms with E-state index >= 15 is 0 Å². The van der Waals surface area contributed by atoms with Crippen LogP contribution in [-0.2, 0) is 30.9 Å². The Labute approximate surface area is 201 Å². The van der Waals surface area contributed by atoms with Gasteiger partial charge in [0.25, 0.3) is 0 Å². The molecule has 2 aliphatic carbocycles. The summed E-state index contributed by atoms with van der Waals surface area (Å²) in [5.41, 5.74) is 2.38. The first-order valence-electron chi connectivity index (χ1n) is 12.5. The quantitative estimate of drug-likeness (QED) is 0.250. The lowest BCUT2D eigenvalue weighted by Crippen LogP contribution is -2.65. The lowest BCUT2D eigenvalue weighted by atomic mass is 9.53. The number of benzene rings is 1. The van der Waals surface area contributed by atoms with Crippen molar-refractivity contribution >= 4 is 11.9 Å². The van der Waals surface area contributed by atoms with E-state index in [0.717, 1.165) is 38.0 Å². The van der Waals surface area contributed by atoms with E-state index in [2.05, 4.69) is 37.1 Å². The Morgan fingerprint density at radius 2 is 2.06 bits per heavy atom. The van der Waals surface area contributed by atoms with Gasteiger partial charge in [0.15, 0.2) is 11.5 Å². The zero-order valence-electron chi connectivity index (χ0n) is 20.5. The molecule has 0 amide bonds. The minimum absolute atomic E-state index is 0.136. The lowest BCUT2D eigenvalue weighted by Gasteiger charge is -2.56. The Hall–Kier alpha value is -2.38. The highest BCUT2D eigenvalue weighted by Crippen LogP contribution is 2.62. The molecule has 0 saturated carbocycles. The number of piperidine rings is 1. The fourth-order valence-corrected chi connectivity index (χ4v) is 6.58. The third kappa shape index (κ3) is 3.83. The maximum Gasteiger partial charge on any atom is 0.308 e. The number of nitrogens with zero attached hydrogens (tertiary/aromatic N) is 1. The summed E-state index contributed by atoms with van der Waals surface area (Å²) in [6.07, 6.45) is 8.01. The number of likely N-dealkylation sites (tertiary alicyclic amines) is 1. The van der Waals surface area contributed by atoms with E-state index in [1.54, 1.807) is 0 Å². The van der Waals surface area contributed by atoms with E-state index in [0.29, 0.717) is 36.8 Å². The topological polar surface area (TPSA) is 74.3 Å². The summed E-state index contributed by atoms with van der Waals surface area (Å²) in [5.74, 6) is 1.32. The van der Waals surface area contributed by atoms with E-state index in [1.807, 2.05) is 6.07 Å². The van der Waals surface area contributed by atoms with Crippen molar-refractivity contribution in [3.63, 3.8) is 0 Å². The molecule has 2 aliphatic heterocycles. The number of esters is 2. The second kappa shape index (κ2) is 9.00. The second-order valence-electron chi connectivity index (χ2n) is 10.4. The Balaban J connectivity index is 1.37. The highest BCUT2D eigenvalue weighted by Gasteiger charge is 2.64. The smallest absolute Gasteiger partial charge is 0.308 e. The molecule has 1 unspecified atom stereocenters. The van der Waals surface area contributed by atoms with Crippen molar-refractivity contribution in [2.24, 2.45) is 11.8 Å². The maximum atomic E-state index is 11.8. The van der Waals surface area contributed by atoms with Gasteiger partial charge in [-0.2, -0.15) is 0 Å². The first-order valence-corrected chi connectivity index (χ1v) is 12.5. The van der Waals surface area contributed by atoms with Crippen molar-refractivity contribution in [3.8, 4) is 11.5 Å². The summed E-state index contributed by atoms with van der Waals surface area (Å²) < 4.78 is 23.8. The molecule has 0 N–H and O–H groups in total. The monoisotopic (exact) mass is 469 g/mol. The van der Waals surface area contributed by atoms with Crippen LogP contribution in [0.1, 0.15) is 51.2 Å². The number of hydrogen-bond acceptors (Lipinski definition) is 7. The van der Waals surface area contributed by atoms with Crippen LogP contribution in [0.25, 0.3) is 0 Å². The van der Waals surface area contributed by atoms with Gasteiger partial charge in [0.2, 0.25) is 0 Å². The van der Waals surface area contributed by atoms with Gasteiger partial charge in [0, 0.05) is 43.4 Å². The van der Waals surface area contributed by atoms with Crippen molar-refractivity contribution in [1.29, 1.82) is 0 Å². The summed E-state index contributed by atoms with van der Waals surface area (Å²) in [5, 5.41) is 0. The van der Waals surface area contributed by atoms with E-state index in [1.165, 1.54) is 25.0 Å². The van der Waals surface area contributed by atoms with Gasteiger partial charge in [0.05, 0.1) is 6.61 Å². The highest BCUT2D eigenvalue weighted by atomic mass is 16.6. The van der Waals surface area contributed by atoms with Crippen LogP contribution in [0.4, 0.5) is 0 Å². The first kappa shape index (κ1) is 23.4. The molecule has 1 spiro atoms. The second-order valence-corrected chi connectivity index (χ2v) is 10.4. The third-order valence-electron chi connectivity index (χ3n) is 8.09. The molecular formula is C27H35NO6. The third-order valence-corrected chi connectivity index (χ3v) is 8.09. The average molecular weight is 470 g/mol. The minimum atomic E-state index is -0.338. The number of ether oxygens (including phenoxy) is 4. The number of hydrogen-bond donors (Lipinski definition) is 0. The maximum absolute atomic E-state index is 11.8. The molecule has 0 radical (unpaired) electrons. The van der Waals surface area contributed by atoms with Crippen LogP contribution in [0, 0.1) is 11.8 Å². The minimum Gasteiger partial charge on any atom is -0.482 e. The molecule has 6 atom stereocenters. The molecule has 2 bridgehead atoms. The summed E-state index contributed by atoms with van der Waals surface area (Å²) in [6, 6.07) is 4.43. The number of rotatable bonds is 8. The SMILES string of the molecule is CC(=O)OCC(C)CCCO[C@H]1C=C[C@H]2[C@H]3Cc4ccc(OC(C)=O)c5c4[C@@]2(CCN3C)[C@H]1O5. The van der Waals surface area contributed by atoms with Crippen molar-refractivity contribution < 1.29 is 28.5 Å². The average Bonchev–Trinajstić information content (AvgIpc) is 3.14. The standard InChI is InChI=1S/C27H35NO6/c1-16(15-32-17(2)29)6-5-13-31-23-10-8-20-21-14-19-7-9-22(33-18(3)30)25-24(19)27(20,26(23)34-25)11-12-28(21)4/h7-10,16,20-21,23,26H,5-6,11-15H2,1-4H3/t16?,20-,21+,23-,26-,27-/m0/s1. The number of likely N-dealkylation sites (N-methyl/N-ethyl adjacent to an activating group) is 1. The van der Waals surface area contributed by atoms with E-state index in [9.17, 15) is 9.59 Å². The van der Waals surface area contributed by atoms with Crippen molar-refractivity contribution in [2.45, 2.75) is 70.1 Å². The molecule has 184 valence electrons. The van der Waals surface area contributed by atoms with Crippen molar-refractivity contribution in [2.75, 3.05) is 26.8 Å². The molecule has 7 heteroatoms. The van der Waals surface area contributed by atoms with Crippen LogP contribution in [-0.4, -0.2) is 61.9 Å². The van der Waals surface area contributed by atoms with Crippen LogP contribution in [0.2, 0.25) is 0 Å². The van der Waals surface area contributed by atoms with Gasteiger partial charge in [0.1, 0.15) is 12.2 Å². The molecular weight excluding hydrogens is 434 g/mol.